The van der Waals surface area contributed by atoms with Gasteiger partial charge in [0.15, 0.2) is 0 Å². The van der Waals surface area contributed by atoms with E-state index in [0.29, 0.717) is 24.0 Å². The second kappa shape index (κ2) is 19.6. The summed E-state index contributed by atoms with van der Waals surface area (Å²) in [5.74, 6) is -1.78. The Morgan fingerprint density at radius 2 is 0.952 bits per heavy atom. The predicted molar refractivity (Wildman–Crippen MR) is 249 cm³/mol. The highest BCUT2D eigenvalue weighted by molar-refractivity contribution is 5.89. The molecule has 2 aliphatic rings. The summed E-state index contributed by atoms with van der Waals surface area (Å²) < 4.78 is 0. The predicted octanol–water partition coefficient (Wildman–Crippen LogP) is 10.0. The SMILES string of the molecule is Cc1ccc(N(C)c2ccc3c(c2)CCN(C)[C@@H]3CCc2cnccc2C(=O)O)cc1.Cc1ccc(N(C)c2ccc3c(c2)CCN(C)[C@H]3CCc2cnccc2C(=O)O)cc1. The van der Waals surface area contributed by atoms with Gasteiger partial charge in [-0.3, -0.25) is 19.8 Å². The number of anilines is 4. The lowest BCUT2D eigenvalue weighted by Crippen LogP contribution is -2.32. The molecule has 0 saturated carbocycles. The van der Waals surface area contributed by atoms with E-state index in [0.717, 1.165) is 49.9 Å². The van der Waals surface area contributed by atoms with Crippen molar-refractivity contribution in [3.8, 4) is 0 Å². The molecule has 2 aliphatic heterocycles. The van der Waals surface area contributed by atoms with Crippen LogP contribution >= 0.6 is 0 Å². The summed E-state index contributed by atoms with van der Waals surface area (Å²) in [6.07, 6.45) is 11.6. The standard InChI is InChI=1S/2C26H29N3O2/c2*1-18-4-7-21(8-5-18)29(3)22-9-10-23-19(16-22)13-15-28(2)25(23)11-6-20-17-27-14-12-24(20)26(30)31/h2*4-5,7-10,12,14,16-17,25H,6,11,13,15H2,1-3H3,(H,30,31)/t2*25-/m10/s1. The van der Waals surface area contributed by atoms with Crippen molar-refractivity contribution in [1.82, 2.24) is 19.8 Å². The molecule has 0 saturated heterocycles. The third-order valence-electron chi connectivity index (χ3n) is 12.8. The van der Waals surface area contributed by atoms with Gasteiger partial charge in [0.05, 0.1) is 11.1 Å². The maximum Gasteiger partial charge on any atom is 0.336 e. The highest BCUT2D eigenvalue weighted by atomic mass is 16.4. The van der Waals surface area contributed by atoms with Gasteiger partial charge in [0.2, 0.25) is 0 Å². The van der Waals surface area contributed by atoms with E-state index < -0.39 is 11.9 Å². The van der Waals surface area contributed by atoms with Gasteiger partial charge in [0.1, 0.15) is 0 Å². The molecule has 8 rings (SSSR count). The molecule has 2 atom stereocenters. The van der Waals surface area contributed by atoms with E-state index >= 15 is 0 Å². The highest BCUT2D eigenvalue weighted by Gasteiger charge is 2.27. The number of benzene rings is 4. The average molecular weight is 831 g/mol. The Hall–Kier alpha value is -6.36. The van der Waals surface area contributed by atoms with Crippen molar-refractivity contribution >= 4 is 34.7 Å². The fraction of sp³-hybridized carbons (Fsp3) is 0.308. The first-order chi connectivity index (χ1) is 29.9. The number of aromatic nitrogens is 2. The molecule has 0 unspecified atom stereocenters. The van der Waals surface area contributed by atoms with E-state index in [4.69, 9.17) is 0 Å². The zero-order chi connectivity index (χ0) is 43.9. The van der Waals surface area contributed by atoms with Crippen LogP contribution in [0.25, 0.3) is 0 Å². The van der Waals surface area contributed by atoms with E-state index in [-0.39, 0.29) is 12.1 Å². The Morgan fingerprint density at radius 1 is 0.581 bits per heavy atom. The number of aryl methyl sites for hydroxylation is 4. The van der Waals surface area contributed by atoms with Crippen LogP contribution in [0.3, 0.4) is 0 Å². The van der Waals surface area contributed by atoms with Crippen LogP contribution in [0.2, 0.25) is 0 Å². The molecule has 0 bridgehead atoms. The normalized spacial score (nSPS) is 16.0. The van der Waals surface area contributed by atoms with E-state index in [1.807, 2.05) is 0 Å². The van der Waals surface area contributed by atoms with E-state index in [1.165, 1.54) is 56.1 Å². The van der Waals surface area contributed by atoms with Gasteiger partial charge in [0.25, 0.3) is 0 Å². The first-order valence-corrected chi connectivity index (χ1v) is 21.5. The second-order valence-corrected chi connectivity index (χ2v) is 16.8. The van der Waals surface area contributed by atoms with Gasteiger partial charge in [-0.1, -0.05) is 47.5 Å². The average Bonchev–Trinajstić information content (AvgIpc) is 3.28. The fourth-order valence-electron chi connectivity index (χ4n) is 8.91. The minimum absolute atomic E-state index is 0.268. The largest absolute Gasteiger partial charge is 0.478 e. The topological polar surface area (TPSA) is 113 Å². The summed E-state index contributed by atoms with van der Waals surface area (Å²) in [6, 6.07) is 34.4. The smallest absolute Gasteiger partial charge is 0.336 e. The Bertz CT molecular complexity index is 2330. The van der Waals surface area contributed by atoms with Gasteiger partial charge in [-0.15, -0.1) is 0 Å². The number of hydrogen-bond acceptors (Lipinski definition) is 8. The summed E-state index contributed by atoms with van der Waals surface area (Å²) in [7, 11) is 8.52. The molecule has 0 aliphatic carbocycles. The maximum absolute atomic E-state index is 11.5. The number of aromatic carboxylic acids is 2. The molecule has 62 heavy (non-hydrogen) atoms. The zero-order valence-electron chi connectivity index (χ0n) is 36.8. The van der Waals surface area contributed by atoms with Gasteiger partial charge in [-0.25, -0.2) is 9.59 Å². The van der Waals surface area contributed by atoms with Crippen molar-refractivity contribution < 1.29 is 19.8 Å². The maximum atomic E-state index is 11.5. The van der Waals surface area contributed by atoms with Crippen molar-refractivity contribution in [1.29, 1.82) is 0 Å². The quantitative estimate of drug-likeness (QED) is 0.124. The molecule has 4 heterocycles. The summed E-state index contributed by atoms with van der Waals surface area (Å²) in [5, 5.41) is 18.9. The third kappa shape index (κ3) is 10.0. The molecule has 10 nitrogen and oxygen atoms in total. The van der Waals surface area contributed by atoms with Crippen molar-refractivity contribution in [2.24, 2.45) is 0 Å². The molecule has 0 fully saturated rings. The van der Waals surface area contributed by atoms with Crippen LogP contribution in [-0.4, -0.2) is 83.2 Å². The van der Waals surface area contributed by atoms with E-state index in [1.54, 1.807) is 36.9 Å². The van der Waals surface area contributed by atoms with Crippen LogP contribution in [0.5, 0.6) is 0 Å². The molecular weight excluding hydrogens is 773 g/mol. The number of rotatable bonds is 12. The first-order valence-electron chi connectivity index (χ1n) is 21.5. The molecule has 0 radical (unpaired) electrons. The van der Waals surface area contributed by atoms with Crippen LogP contribution < -0.4 is 9.80 Å². The Labute approximate surface area is 366 Å². The number of carboxylic acids is 2. The number of carbonyl (C=O) groups is 2. The first kappa shape index (κ1) is 43.7. The molecule has 0 amide bonds. The van der Waals surface area contributed by atoms with Crippen molar-refractivity contribution in [2.75, 3.05) is 51.1 Å². The lowest BCUT2D eigenvalue weighted by Gasteiger charge is -2.35. The lowest BCUT2D eigenvalue weighted by molar-refractivity contribution is 0.0684. The molecular formula is C52H58N6O4. The number of pyridine rings is 2. The Morgan fingerprint density at radius 3 is 1.32 bits per heavy atom. The minimum atomic E-state index is -0.890. The zero-order valence-corrected chi connectivity index (χ0v) is 36.8. The van der Waals surface area contributed by atoms with E-state index in [9.17, 15) is 19.8 Å². The summed E-state index contributed by atoms with van der Waals surface area (Å²) >= 11 is 0. The molecule has 10 heteroatoms. The lowest BCUT2D eigenvalue weighted by atomic mass is 9.88. The van der Waals surface area contributed by atoms with Crippen LogP contribution in [-0.2, 0) is 25.7 Å². The second-order valence-electron chi connectivity index (χ2n) is 16.8. The van der Waals surface area contributed by atoms with Crippen molar-refractivity contribution in [3.63, 3.8) is 0 Å². The number of likely N-dealkylation sites (N-methyl/N-ethyl adjacent to an activating group) is 2. The molecule has 2 aromatic heterocycles. The summed E-state index contributed by atoms with van der Waals surface area (Å²) in [6.45, 7) is 6.19. The Balaban J connectivity index is 0.000000186. The van der Waals surface area contributed by atoms with Gasteiger partial charge in [-0.2, -0.15) is 0 Å². The van der Waals surface area contributed by atoms with Crippen LogP contribution in [0.1, 0.15) is 90.1 Å². The van der Waals surface area contributed by atoms with Crippen LogP contribution in [0.4, 0.5) is 22.7 Å². The summed E-state index contributed by atoms with van der Waals surface area (Å²) in [4.78, 5) is 40.5. The van der Waals surface area contributed by atoms with Crippen LogP contribution in [0.15, 0.2) is 122 Å². The molecule has 6 aromatic rings. The van der Waals surface area contributed by atoms with Crippen molar-refractivity contribution in [3.05, 3.63) is 177 Å². The molecule has 4 aromatic carbocycles. The van der Waals surface area contributed by atoms with E-state index in [2.05, 4.69) is 157 Å². The van der Waals surface area contributed by atoms with Gasteiger partial charge in [-0.05, 0) is 161 Å². The van der Waals surface area contributed by atoms with Gasteiger partial charge >= 0.3 is 11.9 Å². The number of nitrogens with zero attached hydrogens (tertiary/aromatic N) is 6. The molecule has 0 spiro atoms. The third-order valence-corrected chi connectivity index (χ3v) is 12.8. The Kier molecular flexibility index (Phi) is 13.8. The van der Waals surface area contributed by atoms with Crippen LogP contribution in [0, 0.1) is 13.8 Å². The fourth-order valence-corrected chi connectivity index (χ4v) is 8.91. The minimum Gasteiger partial charge on any atom is -0.478 e. The van der Waals surface area contributed by atoms with Gasteiger partial charge < -0.3 is 20.0 Å². The van der Waals surface area contributed by atoms with Gasteiger partial charge in [0, 0.05) is 86.8 Å². The number of fused-ring (bicyclic) bond motifs is 2. The number of carboxylic acid groups (broad SMARTS) is 2. The van der Waals surface area contributed by atoms with Crippen molar-refractivity contribution in [2.45, 2.75) is 64.5 Å². The monoisotopic (exact) mass is 830 g/mol. The number of hydrogen-bond donors (Lipinski definition) is 2. The summed E-state index contributed by atoms with van der Waals surface area (Å²) in [5.41, 5.74) is 15.0. The molecule has 2 N–H and O–H groups in total. The highest BCUT2D eigenvalue weighted by Crippen LogP contribution is 2.37. The molecule has 320 valence electrons.